The first-order chi connectivity index (χ1) is 10.1. The Hall–Kier alpha value is -1.76. The third kappa shape index (κ3) is 3.12. The van der Waals surface area contributed by atoms with E-state index < -0.39 is 0 Å². The van der Waals surface area contributed by atoms with Gasteiger partial charge in [-0.05, 0) is 59.4 Å². The first kappa shape index (κ1) is 14.2. The Labute approximate surface area is 127 Å². The monoisotopic (exact) mass is 280 g/mol. The Morgan fingerprint density at radius 1 is 1.10 bits per heavy atom. The largest absolute Gasteiger partial charge is 0.508 e. The topological polar surface area (TPSA) is 20.2 Å². The summed E-state index contributed by atoms with van der Waals surface area (Å²) in [5.74, 6) is 1.82. The van der Waals surface area contributed by atoms with Crippen LogP contribution in [0, 0.1) is 5.92 Å². The number of aryl methyl sites for hydroxylation is 1. The summed E-state index contributed by atoms with van der Waals surface area (Å²) in [7, 11) is 0. The van der Waals surface area contributed by atoms with Crippen LogP contribution in [0.5, 0.6) is 5.75 Å². The summed E-state index contributed by atoms with van der Waals surface area (Å²) in [6.07, 6.45) is 4.39. The van der Waals surface area contributed by atoms with Gasteiger partial charge in [0.25, 0.3) is 0 Å². The molecule has 0 aliphatic heterocycles. The van der Waals surface area contributed by atoms with E-state index in [0.717, 1.165) is 24.3 Å². The molecule has 1 N–H and O–H groups in total. The minimum atomic E-state index is 0.458. The van der Waals surface area contributed by atoms with Gasteiger partial charge in [-0.2, -0.15) is 0 Å². The van der Waals surface area contributed by atoms with Gasteiger partial charge in [-0.15, -0.1) is 0 Å². The van der Waals surface area contributed by atoms with Gasteiger partial charge < -0.3 is 5.11 Å². The molecule has 2 unspecified atom stereocenters. The average Bonchev–Trinajstić information content (AvgIpc) is 2.60. The Morgan fingerprint density at radius 3 is 2.62 bits per heavy atom. The molecule has 0 saturated carbocycles. The third-order valence-corrected chi connectivity index (χ3v) is 4.77. The van der Waals surface area contributed by atoms with Crippen LogP contribution in [0.1, 0.15) is 54.9 Å². The van der Waals surface area contributed by atoms with Gasteiger partial charge in [-0.3, -0.25) is 0 Å². The highest BCUT2D eigenvalue weighted by atomic mass is 16.3. The summed E-state index contributed by atoms with van der Waals surface area (Å²) in [5, 5.41) is 10.4. The second kappa shape index (κ2) is 5.93. The summed E-state index contributed by atoms with van der Waals surface area (Å²) in [6.45, 7) is 4.66. The van der Waals surface area contributed by atoms with Gasteiger partial charge in [-0.1, -0.05) is 50.2 Å². The molecule has 1 aliphatic carbocycles. The van der Waals surface area contributed by atoms with E-state index >= 15 is 0 Å². The van der Waals surface area contributed by atoms with Gasteiger partial charge in [0.1, 0.15) is 5.75 Å². The molecule has 110 valence electrons. The summed E-state index contributed by atoms with van der Waals surface area (Å²) in [6, 6.07) is 14.7. The fourth-order valence-electron chi connectivity index (χ4n) is 3.58. The second-order valence-electron chi connectivity index (χ2n) is 6.62. The minimum absolute atomic E-state index is 0.458. The molecule has 1 nitrogen and oxygen atoms in total. The molecule has 21 heavy (non-hydrogen) atoms. The molecular formula is C20H24O. The Balaban J connectivity index is 1.95. The predicted octanol–water partition coefficient (Wildman–Crippen LogP) is 5.06. The maximum absolute atomic E-state index is 10.4. The number of fused-ring (bicyclic) bond motifs is 1. The van der Waals surface area contributed by atoms with Crippen molar-refractivity contribution < 1.29 is 5.11 Å². The number of phenols is 1. The van der Waals surface area contributed by atoms with Crippen LogP contribution in [0.25, 0.3) is 0 Å². The van der Waals surface area contributed by atoms with Gasteiger partial charge in [0.15, 0.2) is 0 Å². The Bertz CT molecular complexity index is 615. The van der Waals surface area contributed by atoms with Crippen LogP contribution in [-0.2, 0) is 12.8 Å². The number of phenolic OH excluding ortho intramolecular Hbond substituents is 1. The molecule has 0 radical (unpaired) electrons. The first-order valence-electron chi connectivity index (χ1n) is 8.02. The van der Waals surface area contributed by atoms with Crippen LogP contribution in [0.15, 0.2) is 42.5 Å². The van der Waals surface area contributed by atoms with Crippen LogP contribution in [-0.4, -0.2) is 5.11 Å². The fraction of sp³-hybridized carbons (Fsp3) is 0.400. The van der Waals surface area contributed by atoms with Crippen molar-refractivity contribution >= 4 is 0 Å². The molecule has 0 heterocycles. The van der Waals surface area contributed by atoms with Gasteiger partial charge in [0.05, 0.1) is 0 Å². The molecular weight excluding hydrogens is 256 g/mol. The molecule has 3 rings (SSSR count). The van der Waals surface area contributed by atoms with Gasteiger partial charge >= 0.3 is 0 Å². The zero-order valence-corrected chi connectivity index (χ0v) is 13.0. The molecule has 2 aromatic carbocycles. The highest BCUT2D eigenvalue weighted by Crippen LogP contribution is 2.36. The van der Waals surface area contributed by atoms with Crippen molar-refractivity contribution in [1.29, 1.82) is 0 Å². The molecule has 2 aromatic rings. The van der Waals surface area contributed by atoms with Crippen LogP contribution in [0.2, 0.25) is 0 Å². The van der Waals surface area contributed by atoms with E-state index in [9.17, 15) is 5.11 Å². The maximum atomic E-state index is 10.4. The van der Waals surface area contributed by atoms with Crippen LogP contribution in [0.3, 0.4) is 0 Å². The van der Waals surface area contributed by atoms with Gasteiger partial charge in [0, 0.05) is 6.42 Å². The quantitative estimate of drug-likeness (QED) is 0.762. The molecule has 1 heteroatoms. The lowest BCUT2D eigenvalue weighted by atomic mass is 9.89. The maximum Gasteiger partial charge on any atom is 0.119 e. The van der Waals surface area contributed by atoms with Gasteiger partial charge in [0.2, 0.25) is 0 Å². The Morgan fingerprint density at radius 2 is 1.86 bits per heavy atom. The van der Waals surface area contributed by atoms with E-state index in [0.29, 0.717) is 11.7 Å². The lowest BCUT2D eigenvalue weighted by Crippen LogP contribution is -2.00. The van der Waals surface area contributed by atoms with Crippen molar-refractivity contribution in [2.75, 3.05) is 0 Å². The third-order valence-electron chi connectivity index (χ3n) is 4.77. The second-order valence-corrected chi connectivity index (χ2v) is 6.62. The minimum Gasteiger partial charge on any atom is -0.508 e. The van der Waals surface area contributed by atoms with Crippen LogP contribution in [0.4, 0.5) is 0 Å². The lowest BCUT2D eigenvalue weighted by molar-refractivity contribution is 0.468. The van der Waals surface area contributed by atoms with Gasteiger partial charge in [-0.25, -0.2) is 0 Å². The van der Waals surface area contributed by atoms with Crippen molar-refractivity contribution in [1.82, 2.24) is 0 Å². The molecule has 0 spiro atoms. The molecule has 0 fully saturated rings. The summed E-state index contributed by atoms with van der Waals surface area (Å²) >= 11 is 0. The normalized spacial score (nSPS) is 21.6. The first-order valence-corrected chi connectivity index (χ1v) is 8.02. The van der Waals surface area contributed by atoms with E-state index in [1.807, 2.05) is 12.1 Å². The molecule has 0 bridgehead atoms. The zero-order valence-electron chi connectivity index (χ0n) is 13.0. The number of aromatic hydroxyl groups is 1. The summed E-state index contributed by atoms with van der Waals surface area (Å²) in [5.41, 5.74) is 5.10. The SMILES string of the molecule is CC1CCc2cc(O)c(Cc3ccccc3)cc2C(C)C1. The van der Waals surface area contributed by atoms with Crippen molar-refractivity contribution in [2.24, 2.45) is 5.92 Å². The van der Waals surface area contributed by atoms with Crippen molar-refractivity contribution in [2.45, 2.75) is 45.4 Å². The number of hydrogen-bond donors (Lipinski definition) is 1. The summed E-state index contributed by atoms with van der Waals surface area (Å²) < 4.78 is 0. The zero-order chi connectivity index (χ0) is 14.8. The average molecular weight is 280 g/mol. The van der Waals surface area contributed by atoms with E-state index in [4.69, 9.17) is 0 Å². The predicted molar refractivity (Wildman–Crippen MR) is 87.9 cm³/mol. The number of rotatable bonds is 2. The highest BCUT2D eigenvalue weighted by molar-refractivity contribution is 5.46. The molecule has 0 saturated heterocycles. The van der Waals surface area contributed by atoms with Crippen molar-refractivity contribution in [3.63, 3.8) is 0 Å². The molecule has 0 aromatic heterocycles. The van der Waals surface area contributed by atoms with E-state index in [1.165, 1.54) is 29.5 Å². The Kier molecular flexibility index (Phi) is 4.01. The fourth-order valence-corrected chi connectivity index (χ4v) is 3.58. The number of hydrogen-bond acceptors (Lipinski definition) is 1. The highest BCUT2D eigenvalue weighted by Gasteiger charge is 2.21. The van der Waals surface area contributed by atoms with E-state index in [-0.39, 0.29) is 0 Å². The van der Waals surface area contributed by atoms with E-state index in [1.54, 1.807) is 0 Å². The number of benzene rings is 2. The van der Waals surface area contributed by atoms with Crippen LogP contribution < -0.4 is 0 Å². The summed E-state index contributed by atoms with van der Waals surface area (Å²) in [4.78, 5) is 0. The van der Waals surface area contributed by atoms with Crippen molar-refractivity contribution in [3.8, 4) is 5.75 Å². The lowest BCUT2D eigenvalue weighted by Gasteiger charge is -2.17. The molecule has 1 aliphatic rings. The standard InChI is InChI=1S/C20H24O/c1-14-8-9-17-13-20(21)18(12-19(17)15(2)10-14)11-16-6-4-3-5-7-16/h3-7,12-15,21H,8-11H2,1-2H3. The molecule has 0 amide bonds. The van der Waals surface area contributed by atoms with Crippen molar-refractivity contribution in [3.05, 3.63) is 64.7 Å². The van der Waals surface area contributed by atoms with Crippen LogP contribution >= 0.6 is 0 Å². The van der Waals surface area contributed by atoms with E-state index in [2.05, 4.69) is 44.2 Å². The smallest absolute Gasteiger partial charge is 0.119 e. The molecule has 2 atom stereocenters.